The molecule has 0 aromatic carbocycles. The standard InChI is InChI=1S/C11H19N5/c1-15(2)6-7-16(3)9-4-5-10(11(12)13)14-8-9/h4-5,8H,6-7H2,1-3H3,(H3,12,13). The Morgan fingerprint density at radius 1 is 1.31 bits per heavy atom. The van der Waals surface area contributed by atoms with Gasteiger partial charge in [-0.2, -0.15) is 0 Å². The quantitative estimate of drug-likeness (QED) is 0.556. The van der Waals surface area contributed by atoms with Gasteiger partial charge in [-0.15, -0.1) is 0 Å². The summed E-state index contributed by atoms with van der Waals surface area (Å²) in [6.45, 7) is 1.93. The molecular formula is C11H19N5. The van der Waals surface area contributed by atoms with Gasteiger partial charge in [-0.25, -0.2) is 0 Å². The van der Waals surface area contributed by atoms with E-state index in [2.05, 4.69) is 14.8 Å². The van der Waals surface area contributed by atoms with Gasteiger partial charge in [-0.3, -0.25) is 10.4 Å². The molecule has 0 radical (unpaired) electrons. The third-order valence-corrected chi connectivity index (χ3v) is 2.35. The van der Waals surface area contributed by atoms with Gasteiger partial charge >= 0.3 is 0 Å². The summed E-state index contributed by atoms with van der Waals surface area (Å²) in [7, 11) is 6.11. The topological polar surface area (TPSA) is 69.2 Å². The first-order valence-corrected chi connectivity index (χ1v) is 5.17. The van der Waals surface area contributed by atoms with Crippen LogP contribution in [0.3, 0.4) is 0 Å². The maximum Gasteiger partial charge on any atom is 0.141 e. The van der Waals surface area contributed by atoms with E-state index >= 15 is 0 Å². The number of hydrogen-bond acceptors (Lipinski definition) is 4. The summed E-state index contributed by atoms with van der Waals surface area (Å²) in [5.41, 5.74) is 6.89. The van der Waals surface area contributed by atoms with Crippen molar-refractivity contribution in [1.82, 2.24) is 9.88 Å². The van der Waals surface area contributed by atoms with Crippen molar-refractivity contribution in [3.63, 3.8) is 0 Å². The molecule has 1 heterocycles. The van der Waals surface area contributed by atoms with Gasteiger partial charge in [0.2, 0.25) is 0 Å². The highest BCUT2D eigenvalue weighted by Crippen LogP contribution is 2.10. The van der Waals surface area contributed by atoms with Crippen LogP contribution in [0.1, 0.15) is 5.69 Å². The third-order valence-electron chi connectivity index (χ3n) is 2.35. The number of nitrogens with zero attached hydrogens (tertiary/aromatic N) is 3. The van der Waals surface area contributed by atoms with Gasteiger partial charge in [0.1, 0.15) is 11.5 Å². The Hall–Kier alpha value is -1.62. The number of amidine groups is 1. The maximum atomic E-state index is 7.25. The molecule has 5 nitrogen and oxygen atoms in total. The monoisotopic (exact) mass is 221 g/mol. The first kappa shape index (κ1) is 12.4. The molecule has 88 valence electrons. The second-order valence-corrected chi connectivity index (χ2v) is 4.04. The fourth-order valence-corrected chi connectivity index (χ4v) is 1.25. The van der Waals surface area contributed by atoms with E-state index in [0.717, 1.165) is 18.8 Å². The van der Waals surface area contributed by atoms with Crippen LogP contribution in [0, 0.1) is 5.41 Å². The number of likely N-dealkylation sites (N-methyl/N-ethyl adjacent to an activating group) is 2. The third kappa shape index (κ3) is 3.51. The highest BCUT2D eigenvalue weighted by Gasteiger charge is 2.03. The molecule has 1 aromatic heterocycles. The van der Waals surface area contributed by atoms with E-state index in [-0.39, 0.29) is 5.84 Å². The molecule has 0 saturated carbocycles. The average Bonchev–Trinajstić information content (AvgIpc) is 2.26. The van der Waals surface area contributed by atoms with E-state index in [1.54, 1.807) is 12.3 Å². The molecule has 3 N–H and O–H groups in total. The van der Waals surface area contributed by atoms with Crippen molar-refractivity contribution in [2.24, 2.45) is 5.73 Å². The Morgan fingerprint density at radius 2 is 2.00 bits per heavy atom. The van der Waals surface area contributed by atoms with Gasteiger partial charge in [0.15, 0.2) is 0 Å². The summed E-state index contributed by atoms with van der Waals surface area (Å²) in [6.07, 6.45) is 1.74. The SMILES string of the molecule is CN(C)CCN(C)c1ccc(C(=N)N)nc1. The molecular weight excluding hydrogens is 202 g/mol. The van der Waals surface area contributed by atoms with Gasteiger partial charge in [0.25, 0.3) is 0 Å². The summed E-state index contributed by atoms with van der Waals surface area (Å²) < 4.78 is 0. The minimum atomic E-state index is 0.00231. The number of pyridine rings is 1. The van der Waals surface area contributed by atoms with Crippen molar-refractivity contribution < 1.29 is 0 Å². The Bertz CT molecular complexity index is 344. The normalized spacial score (nSPS) is 10.5. The Morgan fingerprint density at radius 3 is 2.44 bits per heavy atom. The van der Waals surface area contributed by atoms with Crippen molar-refractivity contribution in [2.45, 2.75) is 0 Å². The average molecular weight is 221 g/mol. The molecule has 0 amide bonds. The van der Waals surface area contributed by atoms with Gasteiger partial charge in [-0.1, -0.05) is 0 Å². The fraction of sp³-hybridized carbons (Fsp3) is 0.455. The first-order chi connectivity index (χ1) is 7.50. The number of aromatic nitrogens is 1. The minimum Gasteiger partial charge on any atom is -0.382 e. The summed E-state index contributed by atoms with van der Waals surface area (Å²) in [4.78, 5) is 8.38. The van der Waals surface area contributed by atoms with Gasteiger partial charge in [-0.05, 0) is 26.2 Å². The Kier molecular flexibility index (Phi) is 4.25. The largest absolute Gasteiger partial charge is 0.382 e. The van der Waals surface area contributed by atoms with Crippen LogP contribution in [0.25, 0.3) is 0 Å². The number of nitrogens with one attached hydrogen (secondary N) is 1. The van der Waals surface area contributed by atoms with Crippen LogP contribution >= 0.6 is 0 Å². The molecule has 0 aliphatic heterocycles. The molecule has 0 fully saturated rings. The van der Waals surface area contributed by atoms with Crippen molar-refractivity contribution in [3.05, 3.63) is 24.0 Å². The zero-order valence-corrected chi connectivity index (χ0v) is 10.1. The molecule has 16 heavy (non-hydrogen) atoms. The van der Waals surface area contributed by atoms with Gasteiger partial charge < -0.3 is 15.5 Å². The summed E-state index contributed by atoms with van der Waals surface area (Å²) in [6, 6.07) is 3.70. The Labute approximate surface area is 96.4 Å². The summed E-state index contributed by atoms with van der Waals surface area (Å²) in [5.74, 6) is 0.00231. The van der Waals surface area contributed by atoms with Crippen molar-refractivity contribution >= 4 is 11.5 Å². The smallest absolute Gasteiger partial charge is 0.141 e. The number of nitrogen functional groups attached to an aromatic ring is 1. The lowest BCUT2D eigenvalue weighted by molar-refractivity contribution is 0.416. The van der Waals surface area contributed by atoms with E-state index in [4.69, 9.17) is 11.1 Å². The summed E-state index contributed by atoms with van der Waals surface area (Å²) in [5, 5.41) is 7.25. The van der Waals surface area contributed by atoms with E-state index in [1.807, 2.05) is 27.2 Å². The van der Waals surface area contributed by atoms with Crippen molar-refractivity contribution in [1.29, 1.82) is 5.41 Å². The van der Waals surface area contributed by atoms with E-state index in [9.17, 15) is 0 Å². The Balaban J connectivity index is 2.63. The number of rotatable bonds is 5. The predicted molar refractivity (Wildman–Crippen MR) is 67.1 cm³/mol. The van der Waals surface area contributed by atoms with Crippen LogP contribution in [0.15, 0.2) is 18.3 Å². The molecule has 5 heteroatoms. The van der Waals surface area contributed by atoms with Crippen LogP contribution < -0.4 is 10.6 Å². The van der Waals surface area contributed by atoms with Gasteiger partial charge in [0.05, 0.1) is 11.9 Å². The lowest BCUT2D eigenvalue weighted by Crippen LogP contribution is -2.28. The van der Waals surface area contributed by atoms with E-state index in [0.29, 0.717) is 5.69 Å². The first-order valence-electron chi connectivity index (χ1n) is 5.17. The highest BCUT2D eigenvalue weighted by molar-refractivity contribution is 5.93. The van der Waals surface area contributed by atoms with Crippen LogP contribution in [-0.2, 0) is 0 Å². The van der Waals surface area contributed by atoms with Crippen LogP contribution in [0.5, 0.6) is 0 Å². The van der Waals surface area contributed by atoms with E-state index in [1.165, 1.54) is 0 Å². The fourth-order valence-electron chi connectivity index (χ4n) is 1.25. The predicted octanol–water partition coefficient (Wildman–Crippen LogP) is 0.363. The van der Waals surface area contributed by atoms with Crippen LogP contribution in [-0.4, -0.2) is 50.0 Å². The van der Waals surface area contributed by atoms with Crippen molar-refractivity contribution in [3.8, 4) is 0 Å². The number of nitrogens with two attached hydrogens (primary N) is 1. The van der Waals surface area contributed by atoms with Crippen molar-refractivity contribution in [2.75, 3.05) is 39.1 Å². The van der Waals surface area contributed by atoms with Gasteiger partial charge in [0, 0.05) is 20.1 Å². The minimum absolute atomic E-state index is 0.00231. The van der Waals surface area contributed by atoms with E-state index < -0.39 is 0 Å². The van der Waals surface area contributed by atoms with Crippen LogP contribution in [0.4, 0.5) is 5.69 Å². The number of hydrogen-bond donors (Lipinski definition) is 2. The molecule has 1 rings (SSSR count). The zero-order valence-electron chi connectivity index (χ0n) is 10.1. The second-order valence-electron chi connectivity index (χ2n) is 4.04. The lowest BCUT2D eigenvalue weighted by Gasteiger charge is -2.21. The number of anilines is 1. The molecule has 0 spiro atoms. The zero-order chi connectivity index (χ0) is 12.1. The summed E-state index contributed by atoms with van der Waals surface area (Å²) >= 11 is 0. The molecule has 0 unspecified atom stereocenters. The maximum absolute atomic E-state index is 7.25. The second kappa shape index (κ2) is 5.46. The molecule has 0 bridgehead atoms. The highest BCUT2D eigenvalue weighted by atomic mass is 15.2. The molecule has 0 atom stereocenters. The molecule has 0 saturated heterocycles. The lowest BCUT2D eigenvalue weighted by atomic mass is 10.3. The van der Waals surface area contributed by atoms with Crippen LogP contribution in [0.2, 0.25) is 0 Å². The molecule has 1 aromatic rings. The molecule has 0 aliphatic rings. The molecule has 0 aliphatic carbocycles.